The van der Waals surface area contributed by atoms with E-state index in [9.17, 15) is 9.90 Å². The molecule has 0 fully saturated rings. The molecular weight excluding hydrogens is 354 g/mol. The van der Waals surface area contributed by atoms with Crippen LogP contribution in [0.1, 0.15) is 10.4 Å². The number of nitrogens with zero attached hydrogens (tertiary/aromatic N) is 2. The zero-order chi connectivity index (χ0) is 17.6. The molecule has 0 bridgehead atoms. The molecule has 0 saturated carbocycles. The third-order valence-corrected chi connectivity index (χ3v) is 5.38. The van der Waals surface area contributed by atoms with Crippen molar-refractivity contribution in [3.05, 3.63) is 73.5 Å². The summed E-state index contributed by atoms with van der Waals surface area (Å²) in [6, 6.07) is 14.9. The number of hydrogen-bond acceptors (Lipinski definition) is 5. The zero-order valence-corrected chi connectivity index (χ0v) is 14.8. The largest absolute Gasteiger partial charge is 0.492 e. The number of fused-ring (bicyclic) bond motifs is 1. The highest BCUT2D eigenvalue weighted by Crippen LogP contribution is 2.32. The predicted octanol–water partition coefficient (Wildman–Crippen LogP) is 2.53. The molecule has 4 rings (SSSR count). The van der Waals surface area contributed by atoms with Gasteiger partial charge in [-0.1, -0.05) is 47.7 Å². The van der Waals surface area contributed by atoms with Crippen LogP contribution in [0.3, 0.4) is 0 Å². The Hall–Kier alpha value is -2.77. The van der Waals surface area contributed by atoms with Crippen LogP contribution in [0.4, 0.5) is 5.69 Å². The van der Waals surface area contributed by atoms with E-state index in [1.807, 2.05) is 49.4 Å². The minimum atomic E-state index is -0.365. The number of anilines is 1. The fraction of sp³-hybridized carbons (Fsp3) is 0.0556. The summed E-state index contributed by atoms with van der Waals surface area (Å²) in [6.07, 6.45) is 0. The average molecular weight is 367 g/mol. The van der Waals surface area contributed by atoms with Gasteiger partial charge in [-0.15, -0.1) is 0 Å². The molecule has 124 valence electrons. The Morgan fingerprint density at radius 3 is 2.68 bits per heavy atom. The second-order valence-corrected chi connectivity index (χ2v) is 7.24. The minimum absolute atomic E-state index is 0.0893. The Bertz CT molecular complexity index is 1190. The third kappa shape index (κ3) is 2.57. The number of aryl methyl sites for hydroxylation is 1. The van der Waals surface area contributed by atoms with Crippen LogP contribution in [0.5, 0.6) is 5.88 Å². The standard InChI is InChI=1S/C18H13N3O2S2/c1-10-6-2-4-8-12(10)20-21-17(23)15(25-18(21)24)14-11-7-3-5-9-13(11)19-16(14)22/h2-9,20,23H,1H3. The fourth-order valence-corrected chi connectivity index (χ4v) is 3.99. The maximum atomic E-state index is 12.3. The highest BCUT2D eigenvalue weighted by molar-refractivity contribution is 7.73. The molecule has 0 spiro atoms. The van der Waals surface area contributed by atoms with Crippen LogP contribution in [-0.4, -0.2) is 15.7 Å². The molecular formula is C18H13N3O2S2. The van der Waals surface area contributed by atoms with Crippen LogP contribution in [0, 0.1) is 10.9 Å². The molecule has 2 N–H and O–H groups in total. The highest BCUT2D eigenvalue weighted by Gasteiger charge is 2.25. The summed E-state index contributed by atoms with van der Waals surface area (Å²) in [5.74, 6) is -0.454. The van der Waals surface area contributed by atoms with Gasteiger partial charge in [-0.25, -0.2) is 9.67 Å². The first-order valence-electron chi connectivity index (χ1n) is 7.56. The zero-order valence-electron chi connectivity index (χ0n) is 13.2. The van der Waals surface area contributed by atoms with E-state index in [2.05, 4.69) is 10.4 Å². The van der Waals surface area contributed by atoms with Crippen LogP contribution in [0.15, 0.2) is 53.5 Å². The molecule has 1 aliphatic rings. The van der Waals surface area contributed by atoms with Crippen LogP contribution in [-0.2, 0) is 4.79 Å². The number of hydrogen-bond donors (Lipinski definition) is 2. The summed E-state index contributed by atoms with van der Waals surface area (Å²) >= 11 is 6.56. The van der Waals surface area contributed by atoms with Crippen molar-refractivity contribution in [1.82, 2.24) is 4.68 Å². The van der Waals surface area contributed by atoms with Crippen molar-refractivity contribution in [2.24, 2.45) is 4.99 Å². The smallest absolute Gasteiger partial charge is 0.279 e. The van der Waals surface area contributed by atoms with Crippen molar-refractivity contribution in [1.29, 1.82) is 0 Å². The van der Waals surface area contributed by atoms with Gasteiger partial charge in [0.25, 0.3) is 5.91 Å². The van der Waals surface area contributed by atoms with E-state index in [0.29, 0.717) is 25.0 Å². The molecule has 25 heavy (non-hydrogen) atoms. The fourth-order valence-electron chi connectivity index (χ4n) is 2.73. The van der Waals surface area contributed by atoms with E-state index >= 15 is 0 Å². The van der Waals surface area contributed by atoms with Gasteiger partial charge < -0.3 is 5.11 Å². The van der Waals surface area contributed by atoms with Gasteiger partial charge in [-0.2, -0.15) is 0 Å². The molecule has 0 aliphatic carbocycles. The van der Waals surface area contributed by atoms with Crippen LogP contribution >= 0.6 is 23.6 Å². The van der Waals surface area contributed by atoms with Gasteiger partial charge in [0.05, 0.1) is 16.6 Å². The number of nitrogens with one attached hydrogen (secondary N) is 1. The number of benzene rings is 2. The quantitative estimate of drug-likeness (QED) is 0.698. The normalized spacial score (nSPS) is 12.8. The lowest BCUT2D eigenvalue weighted by atomic mass is 10.1. The van der Waals surface area contributed by atoms with Gasteiger partial charge in [0.1, 0.15) is 4.88 Å². The van der Waals surface area contributed by atoms with Gasteiger partial charge in [0, 0.05) is 5.22 Å². The number of thiazole rings is 1. The highest BCUT2D eigenvalue weighted by atomic mass is 32.1. The van der Waals surface area contributed by atoms with E-state index in [-0.39, 0.29) is 11.8 Å². The number of carbonyl (C=O) groups excluding carboxylic acids is 1. The van der Waals surface area contributed by atoms with Crippen molar-refractivity contribution in [2.75, 3.05) is 5.43 Å². The van der Waals surface area contributed by atoms with Crippen LogP contribution in [0.2, 0.25) is 0 Å². The number of carbonyl (C=O) groups is 1. The molecule has 0 radical (unpaired) electrons. The van der Waals surface area contributed by atoms with Crippen LogP contribution < -0.4 is 16.0 Å². The average Bonchev–Trinajstić information content (AvgIpc) is 3.06. The number of aromatic hydroxyl groups is 1. The summed E-state index contributed by atoms with van der Waals surface area (Å²) in [5.41, 5.74) is 5.33. The summed E-state index contributed by atoms with van der Waals surface area (Å²) < 4.78 is 1.83. The topological polar surface area (TPSA) is 66.6 Å². The summed E-state index contributed by atoms with van der Waals surface area (Å²) in [5, 5.41) is 12.0. The third-order valence-electron chi connectivity index (χ3n) is 4.00. The van der Waals surface area contributed by atoms with Gasteiger partial charge in [-0.3, -0.25) is 10.2 Å². The maximum absolute atomic E-state index is 12.3. The number of amides is 1. The number of para-hydroxylation sites is 2. The Kier molecular flexibility index (Phi) is 3.74. The first kappa shape index (κ1) is 15.7. The van der Waals surface area contributed by atoms with E-state index < -0.39 is 0 Å². The van der Waals surface area contributed by atoms with Gasteiger partial charge >= 0.3 is 0 Å². The lowest BCUT2D eigenvalue weighted by Crippen LogP contribution is -2.22. The molecule has 1 aliphatic heterocycles. The Morgan fingerprint density at radius 2 is 1.88 bits per heavy atom. The molecule has 1 amide bonds. The van der Waals surface area contributed by atoms with E-state index in [1.54, 1.807) is 6.07 Å². The van der Waals surface area contributed by atoms with Gasteiger partial charge in [-0.05, 0) is 36.8 Å². The lowest BCUT2D eigenvalue weighted by molar-refractivity contribution is -0.112. The van der Waals surface area contributed by atoms with Crippen molar-refractivity contribution < 1.29 is 9.90 Å². The molecule has 5 nitrogen and oxygen atoms in total. The second-order valence-electron chi connectivity index (χ2n) is 5.59. The molecule has 7 heteroatoms. The number of aromatic nitrogens is 1. The summed E-state index contributed by atoms with van der Waals surface area (Å²) in [7, 11) is 0. The Labute approximate surface area is 152 Å². The van der Waals surface area contributed by atoms with E-state index in [4.69, 9.17) is 12.2 Å². The monoisotopic (exact) mass is 367 g/mol. The van der Waals surface area contributed by atoms with Crippen LogP contribution in [0.25, 0.3) is 5.57 Å². The maximum Gasteiger partial charge on any atom is 0.279 e. The second kappa shape index (κ2) is 5.94. The van der Waals surface area contributed by atoms with E-state index in [0.717, 1.165) is 11.3 Å². The molecule has 2 heterocycles. The van der Waals surface area contributed by atoms with Crippen molar-refractivity contribution in [3.8, 4) is 5.88 Å². The van der Waals surface area contributed by atoms with Crippen molar-refractivity contribution in [3.63, 3.8) is 0 Å². The first-order chi connectivity index (χ1) is 12.1. The molecule has 0 atom stereocenters. The Balaban J connectivity index is 1.88. The Morgan fingerprint density at radius 1 is 1.16 bits per heavy atom. The molecule has 1 aromatic heterocycles. The predicted molar refractivity (Wildman–Crippen MR) is 99.7 cm³/mol. The summed E-state index contributed by atoms with van der Waals surface area (Å²) in [6.45, 7) is 1.96. The van der Waals surface area contributed by atoms with E-state index in [1.165, 1.54) is 16.0 Å². The van der Waals surface area contributed by atoms with Gasteiger partial charge in [0.2, 0.25) is 5.88 Å². The lowest BCUT2D eigenvalue weighted by Gasteiger charge is -2.11. The van der Waals surface area contributed by atoms with Crippen molar-refractivity contribution in [2.45, 2.75) is 6.92 Å². The van der Waals surface area contributed by atoms with Gasteiger partial charge in [0.15, 0.2) is 3.95 Å². The first-order valence-corrected chi connectivity index (χ1v) is 8.79. The SMILES string of the molecule is Cc1ccccc1Nn1c(O)c(C2=c3ccccc3=NC2=O)sc1=S. The van der Waals surface area contributed by atoms with Crippen molar-refractivity contribution >= 4 is 40.7 Å². The molecule has 0 unspecified atom stereocenters. The number of rotatable bonds is 3. The summed E-state index contributed by atoms with van der Waals surface area (Å²) in [4.78, 5) is 16.8. The molecule has 2 aromatic carbocycles. The molecule has 0 saturated heterocycles. The minimum Gasteiger partial charge on any atom is -0.492 e. The molecule has 3 aromatic rings.